The van der Waals surface area contributed by atoms with E-state index in [9.17, 15) is 0 Å². The summed E-state index contributed by atoms with van der Waals surface area (Å²) in [5, 5.41) is 10.5. The fourth-order valence-electron chi connectivity index (χ4n) is 5.96. The normalized spacial score (nSPS) is 11.5. The molecule has 0 aliphatic rings. The van der Waals surface area contributed by atoms with Crippen LogP contribution in [0.2, 0.25) is 0 Å². The predicted molar refractivity (Wildman–Crippen MR) is 180 cm³/mol. The number of aromatic nitrogens is 4. The summed E-state index contributed by atoms with van der Waals surface area (Å²) in [4.78, 5) is 22.7. The Kier molecular flexibility index (Phi) is 7.73. The minimum atomic E-state index is 0. The first-order chi connectivity index (χ1) is 21.8. The van der Waals surface area contributed by atoms with E-state index in [2.05, 4.69) is 91.7 Å². The van der Waals surface area contributed by atoms with Crippen molar-refractivity contribution in [3.8, 4) is 11.3 Å². The zero-order chi connectivity index (χ0) is 29.3. The molecule has 5 nitrogen and oxygen atoms in total. The molecule has 4 heterocycles. The smallest absolute Gasteiger partial charge is 0.663 e. The number of fused-ring (bicyclic) bond motifs is 8. The first-order valence-corrected chi connectivity index (χ1v) is 14.5. The van der Waals surface area contributed by atoms with Crippen LogP contribution in [0.4, 0.5) is 5.82 Å². The number of hydrogen-bond acceptors (Lipinski definition) is 3. The van der Waals surface area contributed by atoms with E-state index in [0.717, 1.165) is 38.3 Å². The summed E-state index contributed by atoms with van der Waals surface area (Å²) in [5.41, 5.74) is 3.88. The topological polar surface area (TPSA) is 66.3 Å². The van der Waals surface area contributed by atoms with Crippen molar-refractivity contribution >= 4 is 59.8 Å². The SMILES string of the molecule is [Zn+2].c1ccc(-c2cccc3c4ccccc4c4cc[n-]c4c23)nc1.c1ccc2c(N=c3[n-]ccc4ccccc34)nccc2c1. The van der Waals surface area contributed by atoms with E-state index >= 15 is 0 Å². The van der Waals surface area contributed by atoms with Crippen LogP contribution in [0.5, 0.6) is 0 Å². The van der Waals surface area contributed by atoms with E-state index in [-0.39, 0.29) is 19.5 Å². The van der Waals surface area contributed by atoms with E-state index in [1.54, 1.807) is 12.4 Å². The molecule has 0 bridgehead atoms. The Bertz CT molecular complexity index is 2500. The molecule has 0 N–H and O–H groups in total. The van der Waals surface area contributed by atoms with Gasteiger partial charge >= 0.3 is 19.5 Å². The van der Waals surface area contributed by atoms with E-state index < -0.39 is 0 Å². The third kappa shape index (κ3) is 5.20. The Labute approximate surface area is 272 Å². The van der Waals surface area contributed by atoms with E-state index in [1.165, 1.54) is 26.9 Å². The predicted octanol–water partition coefficient (Wildman–Crippen LogP) is 8.74. The average molecular weight is 629 g/mol. The van der Waals surface area contributed by atoms with Crippen molar-refractivity contribution in [2.24, 2.45) is 4.99 Å². The summed E-state index contributed by atoms with van der Waals surface area (Å²) in [7, 11) is 0. The summed E-state index contributed by atoms with van der Waals surface area (Å²) in [6.45, 7) is 0. The molecule has 0 saturated carbocycles. The summed E-state index contributed by atoms with van der Waals surface area (Å²) < 4.78 is 0. The monoisotopic (exact) mass is 627 g/mol. The van der Waals surface area contributed by atoms with Crippen molar-refractivity contribution in [2.75, 3.05) is 0 Å². The summed E-state index contributed by atoms with van der Waals surface area (Å²) in [6.07, 6.45) is 7.30. The molecule has 0 radical (unpaired) electrons. The van der Waals surface area contributed by atoms with Gasteiger partial charge in [-0.05, 0) is 66.8 Å². The third-order valence-corrected chi connectivity index (χ3v) is 7.97. The van der Waals surface area contributed by atoms with Gasteiger partial charge in [0, 0.05) is 23.3 Å². The standard InChI is InChI=1S/C21H13N2.C18H12N3.Zn/c1-2-7-15-14(6-1)16-8-5-9-18(19-10-3-4-12-22-19)20(16)21-17(15)11-13-23-21;1-3-7-15-13(5-1)9-11-19-17(15)21-18-16-8-4-2-6-14(16)10-12-20-18;/h1-13H;1-12H;/q2*-1;+2. The first-order valence-electron chi connectivity index (χ1n) is 14.5. The molecule has 208 valence electrons. The number of nitrogens with zero attached hydrogens (tertiary/aromatic N) is 5. The minimum absolute atomic E-state index is 0. The van der Waals surface area contributed by atoms with Crippen LogP contribution < -0.4 is 15.5 Å². The van der Waals surface area contributed by atoms with Gasteiger partial charge < -0.3 is 15.0 Å². The number of benzene rings is 5. The molecule has 9 aromatic rings. The van der Waals surface area contributed by atoms with Crippen molar-refractivity contribution in [2.45, 2.75) is 0 Å². The van der Waals surface area contributed by atoms with Gasteiger partial charge in [0.2, 0.25) is 0 Å². The second-order valence-electron chi connectivity index (χ2n) is 10.5. The van der Waals surface area contributed by atoms with Gasteiger partial charge in [-0.25, -0.2) is 0 Å². The van der Waals surface area contributed by atoms with Gasteiger partial charge in [-0.2, -0.15) is 6.20 Å². The number of pyridine rings is 3. The van der Waals surface area contributed by atoms with Gasteiger partial charge in [0.25, 0.3) is 0 Å². The molecule has 45 heavy (non-hydrogen) atoms. The second-order valence-corrected chi connectivity index (χ2v) is 10.5. The number of rotatable bonds is 2. The molecular weight excluding hydrogens is 604 g/mol. The largest absolute Gasteiger partial charge is 2.00 e. The maximum Gasteiger partial charge on any atom is 2.00 e. The Morgan fingerprint density at radius 3 is 1.93 bits per heavy atom. The molecule has 5 aromatic carbocycles. The van der Waals surface area contributed by atoms with Crippen molar-refractivity contribution in [1.29, 1.82) is 0 Å². The van der Waals surface area contributed by atoms with Crippen LogP contribution in [0.1, 0.15) is 0 Å². The Balaban J connectivity index is 0.000000142. The fraction of sp³-hybridized carbons (Fsp3) is 0. The van der Waals surface area contributed by atoms with Crippen molar-refractivity contribution in [3.63, 3.8) is 0 Å². The van der Waals surface area contributed by atoms with E-state index in [1.807, 2.05) is 73.1 Å². The quantitative estimate of drug-likeness (QED) is 0.142. The summed E-state index contributed by atoms with van der Waals surface area (Å²) in [5.74, 6) is 0.706. The molecule has 0 fully saturated rings. The van der Waals surface area contributed by atoms with Crippen LogP contribution in [0.15, 0.2) is 157 Å². The number of hydrogen-bond donors (Lipinski definition) is 0. The average Bonchev–Trinajstić information content (AvgIpc) is 3.60. The maximum atomic E-state index is 4.68. The molecule has 0 aliphatic carbocycles. The van der Waals surface area contributed by atoms with Crippen LogP contribution in [0, 0.1) is 0 Å². The molecule has 0 unspecified atom stereocenters. The fourth-order valence-corrected chi connectivity index (χ4v) is 5.96. The molecular formula is C39H25N5Zn. The molecule has 9 rings (SSSR count). The molecule has 6 heteroatoms. The van der Waals surface area contributed by atoms with Gasteiger partial charge in [0.05, 0.1) is 11.5 Å². The van der Waals surface area contributed by atoms with Gasteiger partial charge in [-0.3, -0.25) is 9.97 Å². The molecule has 0 aliphatic heterocycles. The van der Waals surface area contributed by atoms with Crippen LogP contribution in [0.25, 0.3) is 65.3 Å². The van der Waals surface area contributed by atoms with Crippen LogP contribution in [-0.4, -0.2) is 9.97 Å². The molecule has 0 saturated heterocycles. The zero-order valence-electron chi connectivity index (χ0n) is 24.4. The second kappa shape index (κ2) is 12.3. The Morgan fingerprint density at radius 1 is 0.467 bits per heavy atom. The van der Waals surface area contributed by atoms with Crippen LogP contribution >= 0.6 is 0 Å². The van der Waals surface area contributed by atoms with Gasteiger partial charge in [0.1, 0.15) is 0 Å². The zero-order valence-corrected chi connectivity index (χ0v) is 27.3. The Morgan fingerprint density at radius 2 is 1.13 bits per heavy atom. The third-order valence-electron chi connectivity index (χ3n) is 7.97. The molecule has 4 aromatic heterocycles. The summed E-state index contributed by atoms with van der Waals surface area (Å²) in [6, 6.07) is 43.3. The van der Waals surface area contributed by atoms with Crippen LogP contribution in [-0.2, 0) is 19.5 Å². The first kappa shape index (κ1) is 28.3. The van der Waals surface area contributed by atoms with Gasteiger partial charge in [-0.1, -0.05) is 115 Å². The van der Waals surface area contributed by atoms with Crippen LogP contribution in [0.3, 0.4) is 0 Å². The summed E-state index contributed by atoms with van der Waals surface area (Å²) >= 11 is 0. The molecule has 0 spiro atoms. The Hall–Kier alpha value is -5.45. The van der Waals surface area contributed by atoms with Crippen molar-refractivity contribution in [1.82, 2.24) is 19.9 Å². The van der Waals surface area contributed by atoms with Crippen molar-refractivity contribution < 1.29 is 19.5 Å². The maximum absolute atomic E-state index is 4.68. The molecule has 0 amide bonds. The van der Waals surface area contributed by atoms with Gasteiger partial charge in [-0.15, -0.1) is 5.52 Å². The minimum Gasteiger partial charge on any atom is -0.663 e. The van der Waals surface area contributed by atoms with Gasteiger partial charge in [0.15, 0.2) is 0 Å². The van der Waals surface area contributed by atoms with E-state index in [0.29, 0.717) is 11.3 Å². The van der Waals surface area contributed by atoms with E-state index in [4.69, 9.17) is 0 Å². The van der Waals surface area contributed by atoms with Crippen molar-refractivity contribution in [3.05, 3.63) is 158 Å². The molecule has 0 atom stereocenters.